The quantitative estimate of drug-likeness (QED) is 0.869. The summed E-state index contributed by atoms with van der Waals surface area (Å²) >= 11 is 0. The fourth-order valence-corrected chi connectivity index (χ4v) is 3.35. The predicted octanol–water partition coefficient (Wildman–Crippen LogP) is 2.45. The van der Waals surface area contributed by atoms with Gasteiger partial charge in [0.1, 0.15) is 0 Å². The minimum absolute atomic E-state index is 0.00958. The highest BCUT2D eigenvalue weighted by Crippen LogP contribution is 2.33. The zero-order chi connectivity index (χ0) is 14.2. The molecule has 6 heteroatoms. The molecule has 2 rings (SSSR count). The highest BCUT2D eigenvalue weighted by atomic mass is 35.7. The van der Waals surface area contributed by atoms with E-state index in [4.69, 9.17) is 10.7 Å². The Labute approximate surface area is 117 Å². The van der Waals surface area contributed by atoms with Crippen molar-refractivity contribution in [3.05, 3.63) is 29.3 Å². The Bertz CT molecular complexity index is 612. The lowest BCUT2D eigenvalue weighted by molar-refractivity contribution is 0.0948. The van der Waals surface area contributed by atoms with Crippen LogP contribution >= 0.6 is 10.7 Å². The summed E-state index contributed by atoms with van der Waals surface area (Å²) in [6.45, 7) is 3.73. The standard InChI is InChI=1S/C13H16ClNO3S/c1-3-9-6-11(9)15-13(16)10-5-4-8(2)12(7-10)19(14,17)18/h4-5,7,9,11H,3,6H2,1-2H3,(H,15,16). The van der Waals surface area contributed by atoms with Crippen LogP contribution in [0.3, 0.4) is 0 Å². The van der Waals surface area contributed by atoms with Crippen molar-refractivity contribution >= 4 is 25.6 Å². The summed E-state index contributed by atoms with van der Waals surface area (Å²) in [5.41, 5.74) is 0.857. The van der Waals surface area contributed by atoms with E-state index in [0.29, 0.717) is 17.0 Å². The van der Waals surface area contributed by atoms with Crippen LogP contribution in [0.25, 0.3) is 0 Å². The molecule has 104 valence electrons. The Kier molecular flexibility index (Phi) is 3.87. The summed E-state index contributed by atoms with van der Waals surface area (Å²) < 4.78 is 22.8. The van der Waals surface area contributed by atoms with Crippen LogP contribution < -0.4 is 5.32 Å². The van der Waals surface area contributed by atoms with Gasteiger partial charge in [0.25, 0.3) is 15.0 Å². The summed E-state index contributed by atoms with van der Waals surface area (Å²) in [6.07, 6.45) is 2.04. The van der Waals surface area contributed by atoms with E-state index in [9.17, 15) is 13.2 Å². The molecule has 1 aromatic rings. The van der Waals surface area contributed by atoms with Crippen LogP contribution in [-0.4, -0.2) is 20.4 Å². The van der Waals surface area contributed by atoms with Gasteiger partial charge in [0.05, 0.1) is 4.90 Å². The number of hydrogen-bond donors (Lipinski definition) is 1. The maximum absolute atomic E-state index is 12.0. The third-order valence-electron chi connectivity index (χ3n) is 3.48. The smallest absolute Gasteiger partial charge is 0.261 e. The number of amides is 1. The predicted molar refractivity (Wildman–Crippen MR) is 73.9 cm³/mol. The zero-order valence-electron chi connectivity index (χ0n) is 10.8. The summed E-state index contributed by atoms with van der Waals surface area (Å²) in [5, 5.41) is 2.89. The van der Waals surface area contributed by atoms with Crippen molar-refractivity contribution in [1.29, 1.82) is 0 Å². The zero-order valence-corrected chi connectivity index (χ0v) is 12.4. The fraction of sp³-hybridized carbons (Fsp3) is 0.462. The number of rotatable bonds is 4. The molecular weight excluding hydrogens is 286 g/mol. The van der Waals surface area contributed by atoms with Gasteiger partial charge in [-0.3, -0.25) is 4.79 Å². The molecule has 0 heterocycles. The van der Waals surface area contributed by atoms with Crippen molar-refractivity contribution in [2.24, 2.45) is 5.92 Å². The van der Waals surface area contributed by atoms with Gasteiger partial charge in [-0.05, 0) is 37.0 Å². The lowest BCUT2D eigenvalue weighted by Crippen LogP contribution is -2.26. The molecule has 0 radical (unpaired) electrons. The maximum Gasteiger partial charge on any atom is 0.261 e. The van der Waals surface area contributed by atoms with Crippen LogP contribution in [0.5, 0.6) is 0 Å². The van der Waals surface area contributed by atoms with E-state index in [1.165, 1.54) is 6.07 Å². The number of hydrogen-bond acceptors (Lipinski definition) is 3. The molecule has 0 aliphatic heterocycles. The van der Waals surface area contributed by atoms with Crippen molar-refractivity contribution in [2.45, 2.75) is 37.6 Å². The van der Waals surface area contributed by atoms with Crippen molar-refractivity contribution in [3.8, 4) is 0 Å². The molecule has 1 N–H and O–H groups in total. The molecule has 0 saturated heterocycles. The van der Waals surface area contributed by atoms with Gasteiger partial charge in [0, 0.05) is 22.3 Å². The third-order valence-corrected chi connectivity index (χ3v) is 4.94. The second kappa shape index (κ2) is 5.13. The van der Waals surface area contributed by atoms with E-state index < -0.39 is 9.05 Å². The van der Waals surface area contributed by atoms with E-state index in [1.807, 2.05) is 0 Å². The van der Waals surface area contributed by atoms with Crippen molar-refractivity contribution in [2.75, 3.05) is 0 Å². The molecule has 0 bridgehead atoms. The topological polar surface area (TPSA) is 63.2 Å². The lowest BCUT2D eigenvalue weighted by Gasteiger charge is -2.07. The summed E-state index contributed by atoms with van der Waals surface area (Å²) in [6, 6.07) is 4.75. The second-order valence-corrected chi connectivity index (χ2v) is 7.44. The van der Waals surface area contributed by atoms with Crippen LogP contribution in [0.2, 0.25) is 0 Å². The van der Waals surface area contributed by atoms with Gasteiger partial charge in [-0.15, -0.1) is 0 Å². The van der Waals surface area contributed by atoms with Crippen molar-refractivity contribution in [1.82, 2.24) is 5.32 Å². The molecule has 19 heavy (non-hydrogen) atoms. The van der Waals surface area contributed by atoms with Crippen LogP contribution in [0, 0.1) is 12.8 Å². The Hall–Kier alpha value is -1.07. The molecule has 1 fully saturated rings. The average Bonchev–Trinajstić information content (AvgIpc) is 3.06. The Morgan fingerprint density at radius 3 is 2.68 bits per heavy atom. The number of nitrogens with one attached hydrogen (secondary N) is 1. The minimum atomic E-state index is -3.83. The van der Waals surface area contributed by atoms with E-state index in [2.05, 4.69) is 12.2 Å². The number of halogens is 1. The first-order chi connectivity index (χ1) is 8.82. The largest absolute Gasteiger partial charge is 0.349 e. The molecule has 1 aliphatic carbocycles. The molecule has 1 aromatic carbocycles. The number of carbonyl (C=O) groups excluding carboxylic acids is 1. The van der Waals surface area contributed by atoms with Gasteiger partial charge in [-0.1, -0.05) is 19.4 Å². The first kappa shape index (κ1) is 14.3. The van der Waals surface area contributed by atoms with Gasteiger partial charge >= 0.3 is 0 Å². The average molecular weight is 302 g/mol. The van der Waals surface area contributed by atoms with Gasteiger partial charge < -0.3 is 5.32 Å². The molecule has 1 amide bonds. The van der Waals surface area contributed by atoms with Crippen LogP contribution in [0.15, 0.2) is 23.1 Å². The number of aryl methyl sites for hydroxylation is 1. The molecule has 2 unspecified atom stereocenters. The number of carbonyl (C=O) groups is 1. The van der Waals surface area contributed by atoms with Crippen molar-refractivity contribution < 1.29 is 13.2 Å². The molecule has 2 atom stereocenters. The summed E-state index contributed by atoms with van der Waals surface area (Å²) in [5.74, 6) is 0.299. The molecule has 0 aromatic heterocycles. The van der Waals surface area contributed by atoms with Gasteiger partial charge in [-0.2, -0.15) is 0 Å². The Morgan fingerprint density at radius 2 is 2.16 bits per heavy atom. The Balaban J connectivity index is 2.19. The molecule has 1 aliphatic rings. The molecule has 0 spiro atoms. The minimum Gasteiger partial charge on any atom is -0.349 e. The number of benzene rings is 1. The first-order valence-electron chi connectivity index (χ1n) is 6.19. The fourth-order valence-electron chi connectivity index (χ4n) is 2.13. The Morgan fingerprint density at radius 1 is 1.47 bits per heavy atom. The molecule has 4 nitrogen and oxygen atoms in total. The third kappa shape index (κ3) is 3.28. The van der Waals surface area contributed by atoms with E-state index >= 15 is 0 Å². The van der Waals surface area contributed by atoms with Gasteiger partial charge in [0.15, 0.2) is 0 Å². The highest BCUT2D eigenvalue weighted by Gasteiger charge is 2.36. The lowest BCUT2D eigenvalue weighted by atomic mass is 10.1. The van der Waals surface area contributed by atoms with Crippen molar-refractivity contribution in [3.63, 3.8) is 0 Å². The monoisotopic (exact) mass is 301 g/mol. The second-order valence-electron chi connectivity index (χ2n) is 4.90. The van der Waals surface area contributed by atoms with Crippen LogP contribution in [-0.2, 0) is 9.05 Å². The summed E-state index contributed by atoms with van der Waals surface area (Å²) in [7, 11) is 1.52. The maximum atomic E-state index is 12.0. The van der Waals surface area contributed by atoms with Gasteiger partial charge in [-0.25, -0.2) is 8.42 Å². The first-order valence-corrected chi connectivity index (χ1v) is 8.50. The van der Waals surface area contributed by atoms with E-state index in [1.54, 1.807) is 19.1 Å². The molecular formula is C13H16ClNO3S. The van der Waals surface area contributed by atoms with E-state index in [0.717, 1.165) is 12.8 Å². The van der Waals surface area contributed by atoms with Crippen LogP contribution in [0.4, 0.5) is 0 Å². The SMILES string of the molecule is CCC1CC1NC(=O)c1ccc(C)c(S(=O)(=O)Cl)c1. The van der Waals surface area contributed by atoms with Crippen LogP contribution in [0.1, 0.15) is 35.7 Å². The molecule has 1 saturated carbocycles. The normalized spacial score (nSPS) is 22.1. The highest BCUT2D eigenvalue weighted by molar-refractivity contribution is 8.13. The summed E-state index contributed by atoms with van der Waals surface area (Å²) in [4.78, 5) is 12.0. The van der Waals surface area contributed by atoms with Gasteiger partial charge in [0.2, 0.25) is 0 Å². The van der Waals surface area contributed by atoms with E-state index in [-0.39, 0.29) is 16.8 Å².